The second-order valence-corrected chi connectivity index (χ2v) is 9.09. The van der Waals surface area contributed by atoms with Crippen molar-refractivity contribution < 1.29 is 22.3 Å². The highest BCUT2D eigenvalue weighted by atomic mass is 35.5. The summed E-state index contributed by atoms with van der Waals surface area (Å²) in [6.07, 6.45) is -0.732. The standard InChI is InChI=1S/C17H16ClF2N5O3S/c18-12-5-10(29(27,28)25-8-17(19,20)6-9(25)7-26)1-2-11(12)13-3-4-14-15(22-13)16(21)24-23-14/h1-5,9,26H,6-8H2,(H3,21,23,24). The van der Waals surface area contributed by atoms with E-state index in [1.54, 1.807) is 12.1 Å². The molecule has 0 spiro atoms. The molecule has 3 heterocycles. The summed E-state index contributed by atoms with van der Waals surface area (Å²) in [4.78, 5) is 4.14. The molecule has 1 aromatic carbocycles. The average molecular weight is 444 g/mol. The van der Waals surface area contributed by atoms with Crippen LogP contribution in [-0.4, -0.2) is 58.1 Å². The Kier molecular flexibility index (Phi) is 4.73. The Hall–Kier alpha value is -2.34. The number of nitrogens with two attached hydrogens (primary N) is 1. The van der Waals surface area contributed by atoms with Crippen molar-refractivity contribution in [3.8, 4) is 11.3 Å². The molecule has 1 unspecified atom stereocenters. The van der Waals surface area contributed by atoms with Gasteiger partial charge in [0.2, 0.25) is 10.0 Å². The van der Waals surface area contributed by atoms with Crippen LogP contribution in [-0.2, 0) is 10.0 Å². The molecule has 0 amide bonds. The molecular formula is C17H16ClF2N5O3S. The number of fused-ring (bicyclic) bond motifs is 1. The summed E-state index contributed by atoms with van der Waals surface area (Å²) in [7, 11) is -4.27. The van der Waals surface area contributed by atoms with Crippen LogP contribution in [0.25, 0.3) is 22.3 Å². The number of hydrogen-bond acceptors (Lipinski definition) is 6. The third-order valence-electron chi connectivity index (χ3n) is 4.80. The van der Waals surface area contributed by atoms with Crippen LogP contribution in [0.15, 0.2) is 35.2 Å². The SMILES string of the molecule is Nc1n[nH]c2ccc(-c3ccc(S(=O)(=O)N4CC(F)(F)CC4CO)cc3Cl)nc12. The molecule has 4 N–H and O–H groups in total. The van der Waals surface area contributed by atoms with Gasteiger partial charge < -0.3 is 10.8 Å². The number of benzene rings is 1. The fourth-order valence-electron chi connectivity index (χ4n) is 3.37. The quantitative estimate of drug-likeness (QED) is 0.568. The largest absolute Gasteiger partial charge is 0.395 e. The molecular weight excluding hydrogens is 428 g/mol. The lowest BCUT2D eigenvalue weighted by Gasteiger charge is -2.22. The summed E-state index contributed by atoms with van der Waals surface area (Å²) in [5.74, 6) is -2.99. The van der Waals surface area contributed by atoms with Crippen LogP contribution in [0.3, 0.4) is 0 Å². The van der Waals surface area contributed by atoms with E-state index < -0.39 is 41.6 Å². The number of nitrogen functional groups attached to an aromatic ring is 1. The predicted molar refractivity (Wildman–Crippen MR) is 103 cm³/mol. The summed E-state index contributed by atoms with van der Waals surface area (Å²) in [5.41, 5.74) is 7.72. The number of aromatic amines is 1. The first-order valence-electron chi connectivity index (χ1n) is 8.53. The number of aliphatic hydroxyl groups excluding tert-OH is 1. The lowest BCUT2D eigenvalue weighted by molar-refractivity contribution is 0.0161. The van der Waals surface area contributed by atoms with E-state index in [2.05, 4.69) is 15.2 Å². The molecule has 2 aromatic heterocycles. The van der Waals surface area contributed by atoms with Crippen molar-refractivity contribution in [2.75, 3.05) is 18.9 Å². The van der Waals surface area contributed by atoms with E-state index in [1.165, 1.54) is 18.2 Å². The van der Waals surface area contributed by atoms with Gasteiger partial charge in [0.25, 0.3) is 5.92 Å². The van der Waals surface area contributed by atoms with Crippen LogP contribution in [0.1, 0.15) is 6.42 Å². The minimum absolute atomic E-state index is 0.0755. The van der Waals surface area contributed by atoms with Gasteiger partial charge in [-0.25, -0.2) is 22.2 Å². The van der Waals surface area contributed by atoms with Crippen molar-refractivity contribution in [1.29, 1.82) is 0 Å². The highest BCUT2D eigenvalue weighted by molar-refractivity contribution is 7.89. The highest BCUT2D eigenvalue weighted by Crippen LogP contribution is 2.37. The van der Waals surface area contributed by atoms with Crippen molar-refractivity contribution in [2.45, 2.75) is 23.3 Å². The number of nitrogens with one attached hydrogen (secondary N) is 1. The van der Waals surface area contributed by atoms with E-state index in [0.29, 0.717) is 26.6 Å². The van der Waals surface area contributed by atoms with E-state index in [4.69, 9.17) is 17.3 Å². The first kappa shape index (κ1) is 20.0. The number of H-pyrrole nitrogens is 1. The van der Waals surface area contributed by atoms with E-state index in [-0.39, 0.29) is 15.7 Å². The molecule has 0 bridgehead atoms. The average Bonchev–Trinajstić information content (AvgIpc) is 3.20. The van der Waals surface area contributed by atoms with Crippen molar-refractivity contribution in [3.63, 3.8) is 0 Å². The van der Waals surface area contributed by atoms with Gasteiger partial charge >= 0.3 is 0 Å². The molecule has 8 nitrogen and oxygen atoms in total. The maximum atomic E-state index is 13.7. The summed E-state index contributed by atoms with van der Waals surface area (Å²) >= 11 is 6.29. The zero-order chi connectivity index (χ0) is 21.0. The normalized spacial score (nSPS) is 19.8. The summed E-state index contributed by atoms with van der Waals surface area (Å²) in [6, 6.07) is 6.08. The van der Waals surface area contributed by atoms with Gasteiger partial charge in [0.15, 0.2) is 5.82 Å². The van der Waals surface area contributed by atoms with E-state index >= 15 is 0 Å². The number of aromatic nitrogens is 3. The number of anilines is 1. The molecule has 1 aliphatic heterocycles. The Morgan fingerprint density at radius 3 is 2.79 bits per heavy atom. The van der Waals surface area contributed by atoms with Crippen molar-refractivity contribution in [1.82, 2.24) is 19.5 Å². The van der Waals surface area contributed by atoms with Crippen LogP contribution >= 0.6 is 11.6 Å². The number of hydrogen-bond donors (Lipinski definition) is 3. The molecule has 3 aromatic rings. The van der Waals surface area contributed by atoms with Crippen LogP contribution in [0.5, 0.6) is 0 Å². The second kappa shape index (κ2) is 6.87. The highest BCUT2D eigenvalue weighted by Gasteiger charge is 2.49. The van der Waals surface area contributed by atoms with Gasteiger partial charge in [-0.2, -0.15) is 9.40 Å². The maximum Gasteiger partial charge on any atom is 0.263 e. The van der Waals surface area contributed by atoms with Gasteiger partial charge in [0.05, 0.1) is 40.3 Å². The van der Waals surface area contributed by atoms with Crippen LogP contribution in [0.4, 0.5) is 14.6 Å². The van der Waals surface area contributed by atoms with Crippen molar-refractivity contribution in [3.05, 3.63) is 35.4 Å². The Morgan fingerprint density at radius 1 is 1.34 bits per heavy atom. The number of pyridine rings is 1. The van der Waals surface area contributed by atoms with Crippen molar-refractivity contribution >= 4 is 38.5 Å². The molecule has 29 heavy (non-hydrogen) atoms. The van der Waals surface area contributed by atoms with Crippen molar-refractivity contribution in [2.24, 2.45) is 0 Å². The lowest BCUT2D eigenvalue weighted by atomic mass is 10.1. The second-order valence-electron chi connectivity index (χ2n) is 6.79. The molecule has 1 fully saturated rings. The lowest BCUT2D eigenvalue weighted by Crippen LogP contribution is -2.38. The molecule has 0 radical (unpaired) electrons. The molecule has 1 atom stereocenters. The number of sulfonamides is 1. The summed E-state index contributed by atoms with van der Waals surface area (Å²) in [5, 5.41) is 16.0. The number of aliphatic hydroxyl groups is 1. The maximum absolute atomic E-state index is 13.7. The van der Waals surface area contributed by atoms with E-state index in [1.807, 2.05) is 0 Å². The minimum Gasteiger partial charge on any atom is -0.395 e. The molecule has 12 heteroatoms. The molecule has 0 saturated carbocycles. The Labute approximate surface area is 169 Å². The molecule has 4 rings (SSSR count). The number of halogens is 3. The predicted octanol–water partition coefficient (Wildman–Crippen LogP) is 2.25. The monoisotopic (exact) mass is 443 g/mol. The molecule has 1 saturated heterocycles. The number of rotatable bonds is 4. The van der Waals surface area contributed by atoms with Gasteiger partial charge in [-0.3, -0.25) is 5.10 Å². The first-order chi connectivity index (χ1) is 13.6. The third-order valence-corrected chi connectivity index (χ3v) is 7.00. The Balaban J connectivity index is 1.72. The summed E-state index contributed by atoms with van der Waals surface area (Å²) in [6.45, 7) is -1.69. The van der Waals surface area contributed by atoms with Gasteiger partial charge in [0, 0.05) is 12.0 Å². The first-order valence-corrected chi connectivity index (χ1v) is 10.4. The smallest absolute Gasteiger partial charge is 0.263 e. The fourth-order valence-corrected chi connectivity index (χ4v) is 5.38. The van der Waals surface area contributed by atoms with Gasteiger partial charge in [-0.1, -0.05) is 11.6 Å². The molecule has 154 valence electrons. The topological polar surface area (TPSA) is 125 Å². The van der Waals surface area contributed by atoms with E-state index in [9.17, 15) is 22.3 Å². The van der Waals surface area contributed by atoms with E-state index in [0.717, 1.165) is 0 Å². The summed E-state index contributed by atoms with van der Waals surface area (Å²) < 4.78 is 53.7. The van der Waals surface area contributed by atoms with Gasteiger partial charge in [-0.15, -0.1) is 0 Å². The Morgan fingerprint density at radius 2 is 2.10 bits per heavy atom. The minimum atomic E-state index is -4.27. The Bertz CT molecular complexity index is 1200. The number of alkyl halides is 2. The molecule has 0 aliphatic carbocycles. The molecule has 1 aliphatic rings. The third kappa shape index (κ3) is 3.44. The fraction of sp³-hybridized carbons (Fsp3) is 0.294. The van der Waals surface area contributed by atoms with Crippen LogP contribution in [0.2, 0.25) is 5.02 Å². The number of nitrogens with zero attached hydrogens (tertiary/aromatic N) is 3. The van der Waals surface area contributed by atoms with Gasteiger partial charge in [0.1, 0.15) is 5.52 Å². The van der Waals surface area contributed by atoms with Crippen LogP contribution < -0.4 is 5.73 Å². The zero-order valence-electron chi connectivity index (χ0n) is 14.8. The zero-order valence-corrected chi connectivity index (χ0v) is 16.4. The van der Waals surface area contributed by atoms with Crippen LogP contribution in [0, 0.1) is 0 Å². The van der Waals surface area contributed by atoms with Gasteiger partial charge in [-0.05, 0) is 30.3 Å².